The molecule has 22 heavy (non-hydrogen) atoms. The van der Waals surface area contributed by atoms with Crippen molar-refractivity contribution in [2.24, 2.45) is 0 Å². The van der Waals surface area contributed by atoms with Gasteiger partial charge in [0.25, 0.3) is 0 Å². The van der Waals surface area contributed by atoms with Crippen molar-refractivity contribution >= 4 is 27.3 Å². The summed E-state index contributed by atoms with van der Waals surface area (Å²) in [6, 6.07) is 10.7. The predicted molar refractivity (Wildman–Crippen MR) is 80.9 cm³/mol. The fourth-order valence-corrected chi connectivity index (χ4v) is 3.04. The normalized spacial score (nSPS) is 11.2. The van der Waals surface area contributed by atoms with E-state index < -0.39 is 25.7 Å². The number of hydrogen-bond acceptors (Lipinski definition) is 5. The van der Waals surface area contributed by atoms with Gasteiger partial charge in [0.1, 0.15) is 15.7 Å². The third-order valence-electron chi connectivity index (χ3n) is 2.76. The fourth-order valence-electron chi connectivity index (χ4n) is 1.71. The van der Waals surface area contributed by atoms with Gasteiger partial charge in [-0.3, -0.25) is 10.1 Å². The second kappa shape index (κ2) is 6.30. The van der Waals surface area contributed by atoms with Crippen molar-refractivity contribution in [3.8, 4) is 11.5 Å². The van der Waals surface area contributed by atoms with Crippen LogP contribution in [0.15, 0.2) is 47.4 Å². The second-order valence-electron chi connectivity index (χ2n) is 4.10. The number of hydrogen-bond donors (Lipinski definition) is 1. The van der Waals surface area contributed by atoms with Gasteiger partial charge in [0.2, 0.25) is 15.8 Å². The highest BCUT2D eigenvalue weighted by Gasteiger charge is 2.28. The van der Waals surface area contributed by atoms with Crippen LogP contribution < -0.4 is 9.46 Å². The van der Waals surface area contributed by atoms with Crippen LogP contribution in [0.25, 0.3) is 0 Å². The van der Waals surface area contributed by atoms with Crippen LogP contribution in [0.1, 0.15) is 0 Å². The van der Waals surface area contributed by atoms with Crippen LogP contribution in [0.3, 0.4) is 0 Å². The lowest BCUT2D eigenvalue weighted by Gasteiger charge is -2.10. The Labute approximate surface area is 131 Å². The molecule has 0 saturated carbocycles. The van der Waals surface area contributed by atoms with Crippen molar-refractivity contribution in [1.82, 2.24) is 4.72 Å². The average Bonchev–Trinajstić information content (AvgIpc) is 2.47. The highest BCUT2D eigenvalue weighted by Crippen LogP contribution is 2.40. The van der Waals surface area contributed by atoms with E-state index in [0.29, 0.717) is 5.75 Å². The summed E-state index contributed by atoms with van der Waals surface area (Å²) < 4.78 is 31.1. The molecule has 0 bridgehead atoms. The van der Waals surface area contributed by atoms with E-state index in [2.05, 4.69) is 4.72 Å². The van der Waals surface area contributed by atoms with Gasteiger partial charge in [-0.15, -0.1) is 0 Å². The van der Waals surface area contributed by atoms with E-state index in [1.807, 2.05) is 0 Å². The molecule has 2 aromatic rings. The van der Waals surface area contributed by atoms with Crippen LogP contribution in [-0.4, -0.2) is 20.4 Å². The monoisotopic (exact) mass is 342 g/mol. The highest BCUT2D eigenvalue weighted by molar-refractivity contribution is 7.89. The van der Waals surface area contributed by atoms with Crippen LogP contribution in [0, 0.1) is 10.1 Å². The molecule has 0 amide bonds. The minimum absolute atomic E-state index is 0.142. The van der Waals surface area contributed by atoms with E-state index >= 15 is 0 Å². The molecule has 1 N–H and O–H groups in total. The third kappa shape index (κ3) is 3.19. The minimum Gasteiger partial charge on any atom is -0.450 e. The van der Waals surface area contributed by atoms with Crippen LogP contribution in [0.2, 0.25) is 5.02 Å². The van der Waals surface area contributed by atoms with Gasteiger partial charge in [-0.05, 0) is 31.3 Å². The predicted octanol–water partition coefficient (Wildman–Crippen LogP) is 2.95. The van der Waals surface area contributed by atoms with Gasteiger partial charge in [-0.25, -0.2) is 13.1 Å². The van der Waals surface area contributed by atoms with E-state index in [0.717, 1.165) is 6.07 Å². The molecule has 0 fully saturated rings. The zero-order valence-electron chi connectivity index (χ0n) is 11.3. The zero-order chi connectivity index (χ0) is 16.3. The Morgan fingerprint density at radius 1 is 1.18 bits per heavy atom. The standard InChI is InChI=1S/C13H11ClN2O5S/c1-15-22(19,20)11-8-7-10(13(12(11)14)16(17)18)21-9-5-3-2-4-6-9/h2-8,15H,1H3. The molecule has 0 radical (unpaired) electrons. The van der Waals surface area contributed by atoms with Gasteiger partial charge >= 0.3 is 5.69 Å². The van der Waals surface area contributed by atoms with Gasteiger partial charge in [0.05, 0.1) is 4.92 Å². The molecule has 116 valence electrons. The second-order valence-corrected chi connectivity index (χ2v) is 6.34. The number of ether oxygens (including phenoxy) is 1. The lowest BCUT2D eigenvalue weighted by atomic mass is 10.3. The largest absolute Gasteiger partial charge is 0.450 e. The van der Waals surface area contributed by atoms with E-state index in [1.165, 1.54) is 13.1 Å². The molecule has 0 aromatic heterocycles. The summed E-state index contributed by atoms with van der Waals surface area (Å²) in [5.74, 6) is 0.224. The minimum atomic E-state index is -3.92. The topological polar surface area (TPSA) is 98.5 Å². The molecule has 2 aromatic carbocycles. The molecule has 0 unspecified atom stereocenters. The number of sulfonamides is 1. The molecule has 0 saturated heterocycles. The summed E-state index contributed by atoms with van der Waals surface area (Å²) in [7, 11) is -2.73. The molecule has 9 heteroatoms. The molecule has 0 heterocycles. The van der Waals surface area contributed by atoms with Crippen LogP contribution in [0.5, 0.6) is 11.5 Å². The van der Waals surface area contributed by atoms with E-state index in [1.54, 1.807) is 30.3 Å². The molecular weight excluding hydrogens is 332 g/mol. The highest BCUT2D eigenvalue weighted by atomic mass is 35.5. The molecule has 0 aliphatic heterocycles. The molecule has 0 atom stereocenters. The number of nitro groups is 1. The summed E-state index contributed by atoms with van der Waals surface area (Å²) in [6.07, 6.45) is 0. The Balaban J connectivity index is 2.58. The van der Waals surface area contributed by atoms with E-state index in [9.17, 15) is 18.5 Å². The molecule has 0 aliphatic carbocycles. The SMILES string of the molecule is CNS(=O)(=O)c1ccc(Oc2ccccc2)c([N+](=O)[O-])c1Cl. The van der Waals surface area contributed by atoms with Crippen molar-refractivity contribution in [1.29, 1.82) is 0 Å². The van der Waals surface area contributed by atoms with Crippen molar-refractivity contribution in [2.45, 2.75) is 4.90 Å². The number of halogens is 1. The maximum atomic E-state index is 11.8. The Morgan fingerprint density at radius 3 is 2.36 bits per heavy atom. The number of para-hydroxylation sites is 1. The van der Waals surface area contributed by atoms with Crippen molar-refractivity contribution < 1.29 is 18.1 Å². The van der Waals surface area contributed by atoms with Crippen LogP contribution in [-0.2, 0) is 10.0 Å². The van der Waals surface area contributed by atoms with E-state index in [4.69, 9.17) is 16.3 Å². The summed E-state index contributed by atoms with van der Waals surface area (Å²) in [5, 5.41) is 10.7. The Kier molecular flexibility index (Phi) is 4.65. The van der Waals surface area contributed by atoms with Crippen LogP contribution in [0.4, 0.5) is 5.69 Å². The fraction of sp³-hybridized carbons (Fsp3) is 0.0769. The first-order chi connectivity index (χ1) is 10.4. The van der Waals surface area contributed by atoms with Crippen molar-refractivity contribution in [3.05, 3.63) is 57.6 Å². The third-order valence-corrected chi connectivity index (χ3v) is 4.71. The first-order valence-corrected chi connectivity index (χ1v) is 7.86. The van der Waals surface area contributed by atoms with Crippen LogP contribution >= 0.6 is 11.6 Å². The van der Waals surface area contributed by atoms with E-state index in [-0.39, 0.29) is 10.6 Å². The molecule has 0 spiro atoms. The maximum absolute atomic E-state index is 11.8. The smallest absolute Gasteiger partial charge is 0.331 e. The number of rotatable bonds is 5. The number of nitrogens with zero attached hydrogens (tertiary/aromatic N) is 1. The van der Waals surface area contributed by atoms with Gasteiger partial charge in [0.15, 0.2) is 0 Å². The van der Waals surface area contributed by atoms with Crippen molar-refractivity contribution in [3.63, 3.8) is 0 Å². The molecular formula is C13H11ClN2O5S. The Morgan fingerprint density at radius 2 is 1.82 bits per heavy atom. The van der Waals surface area contributed by atoms with Gasteiger partial charge in [-0.2, -0.15) is 0 Å². The zero-order valence-corrected chi connectivity index (χ0v) is 12.9. The van der Waals surface area contributed by atoms with Gasteiger partial charge in [-0.1, -0.05) is 29.8 Å². The Bertz CT molecular complexity index is 809. The summed E-state index contributed by atoms with van der Waals surface area (Å²) in [4.78, 5) is 10.1. The quantitative estimate of drug-likeness (QED) is 0.665. The summed E-state index contributed by atoms with van der Waals surface area (Å²) in [5.41, 5.74) is -0.609. The van der Waals surface area contributed by atoms with Gasteiger partial charge < -0.3 is 4.74 Å². The van der Waals surface area contributed by atoms with Crippen molar-refractivity contribution in [2.75, 3.05) is 7.05 Å². The molecule has 7 nitrogen and oxygen atoms in total. The maximum Gasteiger partial charge on any atom is 0.331 e. The first-order valence-electron chi connectivity index (χ1n) is 6.00. The lowest BCUT2D eigenvalue weighted by Crippen LogP contribution is -2.19. The molecule has 0 aliphatic rings. The van der Waals surface area contributed by atoms with Gasteiger partial charge in [0, 0.05) is 0 Å². The lowest BCUT2D eigenvalue weighted by molar-refractivity contribution is -0.385. The first kappa shape index (κ1) is 16.2. The molecule has 2 rings (SSSR count). The number of nitrogens with one attached hydrogen (secondary N) is 1. The average molecular weight is 343 g/mol. The summed E-state index contributed by atoms with van der Waals surface area (Å²) >= 11 is 5.90. The number of benzene rings is 2. The Hall–Kier alpha value is -2.16. The number of nitro benzene ring substituents is 1. The summed E-state index contributed by atoms with van der Waals surface area (Å²) in [6.45, 7) is 0.